The van der Waals surface area contributed by atoms with Crippen molar-refractivity contribution in [2.75, 3.05) is 13.1 Å². The zero-order valence-corrected chi connectivity index (χ0v) is 24.7. The highest BCUT2D eigenvalue weighted by atomic mass is 16.6. The molecule has 2 N–H and O–H groups in total. The topological polar surface area (TPSA) is 87.7 Å². The lowest BCUT2D eigenvalue weighted by molar-refractivity contribution is -0.143. The molecule has 0 heterocycles. The SMILES string of the molecule is CCCCCCN(C(=O)C(NC(=O)OC(C)(C)C)C(C)C)C(C(=O)NCCCC)c1cc(C)cc(C)c1. The number of carbonyl (C=O) groups is 3. The number of rotatable bonds is 14. The Kier molecular flexibility index (Phi) is 13.7. The fourth-order valence-corrected chi connectivity index (χ4v) is 4.33. The molecule has 0 saturated heterocycles. The minimum Gasteiger partial charge on any atom is -0.444 e. The molecule has 3 amide bonds. The van der Waals surface area contributed by atoms with Gasteiger partial charge in [-0.3, -0.25) is 9.59 Å². The number of alkyl carbamates (subject to hydrolysis) is 1. The van der Waals surface area contributed by atoms with E-state index in [1.54, 1.807) is 25.7 Å². The molecule has 0 aliphatic carbocycles. The van der Waals surface area contributed by atoms with Crippen LogP contribution >= 0.6 is 0 Å². The van der Waals surface area contributed by atoms with E-state index >= 15 is 0 Å². The molecule has 7 nitrogen and oxygen atoms in total. The first-order chi connectivity index (χ1) is 17.3. The van der Waals surface area contributed by atoms with E-state index in [2.05, 4.69) is 30.5 Å². The fraction of sp³-hybridized carbons (Fsp3) is 0.700. The number of amides is 3. The van der Waals surface area contributed by atoms with Gasteiger partial charge in [-0.1, -0.05) is 82.7 Å². The van der Waals surface area contributed by atoms with Crippen LogP contribution in [0.15, 0.2) is 18.2 Å². The second-order valence-corrected chi connectivity index (χ2v) is 11.4. The van der Waals surface area contributed by atoms with Crippen LogP contribution in [0.3, 0.4) is 0 Å². The maximum Gasteiger partial charge on any atom is 0.408 e. The van der Waals surface area contributed by atoms with Crippen LogP contribution in [0.2, 0.25) is 0 Å². The average Bonchev–Trinajstić information content (AvgIpc) is 2.77. The number of ether oxygens (including phenoxy) is 1. The van der Waals surface area contributed by atoms with Gasteiger partial charge in [-0.05, 0) is 58.9 Å². The summed E-state index contributed by atoms with van der Waals surface area (Å²) in [4.78, 5) is 42.1. The highest BCUT2D eigenvalue weighted by Gasteiger charge is 2.37. The number of nitrogens with zero attached hydrogens (tertiary/aromatic N) is 1. The van der Waals surface area contributed by atoms with Gasteiger partial charge in [0.25, 0.3) is 0 Å². The molecular formula is C30H51N3O4. The van der Waals surface area contributed by atoms with E-state index in [1.165, 1.54) is 0 Å². The third-order valence-corrected chi connectivity index (χ3v) is 6.09. The minimum absolute atomic E-state index is 0.193. The largest absolute Gasteiger partial charge is 0.444 e. The van der Waals surface area contributed by atoms with Gasteiger partial charge in [0.15, 0.2) is 0 Å². The van der Waals surface area contributed by atoms with Crippen LogP contribution in [0.5, 0.6) is 0 Å². The Hall–Kier alpha value is -2.57. The van der Waals surface area contributed by atoms with Crippen molar-refractivity contribution in [2.24, 2.45) is 5.92 Å². The van der Waals surface area contributed by atoms with E-state index in [0.29, 0.717) is 13.1 Å². The maximum atomic E-state index is 14.1. The third kappa shape index (κ3) is 11.6. The van der Waals surface area contributed by atoms with Crippen molar-refractivity contribution >= 4 is 17.9 Å². The Balaban J connectivity index is 3.48. The molecule has 0 aromatic heterocycles. The van der Waals surface area contributed by atoms with Gasteiger partial charge in [0.2, 0.25) is 11.8 Å². The van der Waals surface area contributed by atoms with E-state index in [4.69, 9.17) is 4.74 Å². The molecule has 0 bridgehead atoms. The number of aryl methyl sites for hydroxylation is 2. The zero-order valence-electron chi connectivity index (χ0n) is 24.7. The molecule has 0 fully saturated rings. The van der Waals surface area contributed by atoms with E-state index in [0.717, 1.165) is 55.2 Å². The van der Waals surface area contributed by atoms with Gasteiger partial charge in [0, 0.05) is 13.1 Å². The molecular weight excluding hydrogens is 466 g/mol. The zero-order chi connectivity index (χ0) is 28.2. The van der Waals surface area contributed by atoms with Gasteiger partial charge in [-0.15, -0.1) is 0 Å². The summed E-state index contributed by atoms with van der Waals surface area (Å²) < 4.78 is 5.45. The van der Waals surface area contributed by atoms with Crippen molar-refractivity contribution in [2.45, 2.75) is 119 Å². The van der Waals surface area contributed by atoms with Gasteiger partial charge in [-0.2, -0.15) is 0 Å². The van der Waals surface area contributed by atoms with Crippen LogP contribution in [0.25, 0.3) is 0 Å². The standard InChI is InChI=1S/C30H51N3O4/c1-10-12-14-15-17-33(28(35)25(21(3)4)32-29(36)37-30(7,8)9)26(27(34)31-16-13-11-2)24-19-22(5)18-23(6)20-24/h18-21,25-26H,10-17H2,1-9H3,(H,31,34)(H,32,36). The van der Waals surface area contributed by atoms with Crippen LogP contribution in [0, 0.1) is 19.8 Å². The number of nitrogens with one attached hydrogen (secondary N) is 2. The van der Waals surface area contributed by atoms with Gasteiger partial charge < -0.3 is 20.3 Å². The van der Waals surface area contributed by atoms with Crippen LogP contribution < -0.4 is 10.6 Å². The van der Waals surface area contributed by atoms with E-state index < -0.39 is 23.8 Å². The first-order valence-corrected chi connectivity index (χ1v) is 14.0. The van der Waals surface area contributed by atoms with Gasteiger partial charge in [-0.25, -0.2) is 4.79 Å². The van der Waals surface area contributed by atoms with Gasteiger partial charge in [0.1, 0.15) is 17.7 Å². The molecule has 0 aliphatic rings. The van der Waals surface area contributed by atoms with Gasteiger partial charge in [0.05, 0.1) is 0 Å². The molecule has 7 heteroatoms. The summed E-state index contributed by atoms with van der Waals surface area (Å²) in [5.41, 5.74) is 2.17. The summed E-state index contributed by atoms with van der Waals surface area (Å²) in [7, 11) is 0. The summed E-state index contributed by atoms with van der Waals surface area (Å²) in [6, 6.07) is 4.41. The second kappa shape index (κ2) is 15.6. The summed E-state index contributed by atoms with van der Waals surface area (Å²) in [6.45, 7) is 18.3. The molecule has 37 heavy (non-hydrogen) atoms. The lowest BCUT2D eigenvalue weighted by atomic mass is 9.96. The van der Waals surface area contributed by atoms with Crippen molar-refractivity contribution in [1.29, 1.82) is 0 Å². The highest BCUT2D eigenvalue weighted by Crippen LogP contribution is 2.27. The Labute approximate surface area is 225 Å². The van der Waals surface area contributed by atoms with Crippen molar-refractivity contribution in [3.63, 3.8) is 0 Å². The molecule has 1 rings (SSSR count). The van der Waals surface area contributed by atoms with Crippen LogP contribution in [0.1, 0.15) is 110 Å². The second-order valence-electron chi connectivity index (χ2n) is 11.4. The third-order valence-electron chi connectivity index (χ3n) is 6.09. The molecule has 1 aromatic rings. The number of unbranched alkanes of at least 4 members (excludes halogenated alkanes) is 4. The highest BCUT2D eigenvalue weighted by molar-refractivity contribution is 5.92. The van der Waals surface area contributed by atoms with E-state index in [-0.39, 0.29) is 17.7 Å². The molecule has 2 atom stereocenters. The molecule has 0 spiro atoms. The molecule has 0 aliphatic heterocycles. The molecule has 0 saturated carbocycles. The van der Waals surface area contributed by atoms with E-state index in [9.17, 15) is 14.4 Å². The Morgan fingerprint density at radius 3 is 2.03 bits per heavy atom. The summed E-state index contributed by atoms with van der Waals surface area (Å²) >= 11 is 0. The normalized spacial score (nSPS) is 13.1. The van der Waals surface area contributed by atoms with Crippen LogP contribution in [-0.4, -0.2) is 47.5 Å². The fourth-order valence-electron chi connectivity index (χ4n) is 4.33. The molecule has 1 aromatic carbocycles. The van der Waals surface area contributed by atoms with E-state index in [1.807, 2.05) is 39.8 Å². The van der Waals surface area contributed by atoms with Crippen LogP contribution in [0.4, 0.5) is 4.79 Å². The number of benzene rings is 1. The Morgan fingerprint density at radius 2 is 1.51 bits per heavy atom. The predicted molar refractivity (Wildman–Crippen MR) is 150 cm³/mol. The minimum atomic E-state index is -0.821. The first-order valence-electron chi connectivity index (χ1n) is 14.0. The number of hydrogen-bond donors (Lipinski definition) is 2. The van der Waals surface area contributed by atoms with Crippen LogP contribution in [-0.2, 0) is 14.3 Å². The smallest absolute Gasteiger partial charge is 0.408 e. The number of carbonyl (C=O) groups excluding carboxylic acids is 3. The van der Waals surface area contributed by atoms with Crippen molar-refractivity contribution in [3.8, 4) is 0 Å². The van der Waals surface area contributed by atoms with Crippen molar-refractivity contribution in [3.05, 3.63) is 34.9 Å². The lowest BCUT2D eigenvalue weighted by Gasteiger charge is -2.36. The quantitative estimate of drug-likeness (QED) is 0.287. The Morgan fingerprint density at radius 1 is 0.919 bits per heavy atom. The molecule has 0 radical (unpaired) electrons. The summed E-state index contributed by atoms with van der Waals surface area (Å²) in [5.74, 6) is -0.657. The maximum absolute atomic E-state index is 14.1. The first kappa shape index (κ1) is 32.5. The van der Waals surface area contributed by atoms with Gasteiger partial charge >= 0.3 is 6.09 Å². The monoisotopic (exact) mass is 517 g/mol. The molecule has 210 valence electrons. The number of hydrogen-bond acceptors (Lipinski definition) is 4. The Bertz CT molecular complexity index is 856. The average molecular weight is 518 g/mol. The van der Waals surface area contributed by atoms with Crippen molar-refractivity contribution < 1.29 is 19.1 Å². The summed E-state index contributed by atoms with van der Waals surface area (Å²) in [5, 5.41) is 5.84. The summed E-state index contributed by atoms with van der Waals surface area (Å²) in [6.07, 6.45) is 5.06. The van der Waals surface area contributed by atoms with Crippen molar-refractivity contribution in [1.82, 2.24) is 15.5 Å². The predicted octanol–water partition coefficient (Wildman–Crippen LogP) is 6.22. The molecule has 2 unspecified atom stereocenters. The lowest BCUT2D eigenvalue weighted by Crippen LogP contribution is -2.55.